The molecule has 4 atom stereocenters. The van der Waals surface area contributed by atoms with Crippen LogP contribution in [0.3, 0.4) is 0 Å². The fraction of sp³-hybridized carbons (Fsp3) is 0.351. The lowest BCUT2D eigenvalue weighted by atomic mass is 9.78. The highest BCUT2D eigenvalue weighted by atomic mass is 35.5. The fourth-order valence-electron chi connectivity index (χ4n) is 6.35. The first-order valence-corrected chi connectivity index (χ1v) is 17.4. The van der Waals surface area contributed by atoms with Crippen LogP contribution < -0.4 is 21.7 Å². The van der Waals surface area contributed by atoms with Gasteiger partial charge in [-0.3, -0.25) is 14.4 Å². The third-order valence-electron chi connectivity index (χ3n) is 9.49. The monoisotopic (exact) mass is 739 g/mol. The lowest BCUT2D eigenvalue weighted by Crippen LogP contribution is -2.66. The molecule has 0 bridgehead atoms. The predicted molar refractivity (Wildman–Crippen MR) is 192 cm³/mol. The number of ether oxygens (including phenoxy) is 1. The summed E-state index contributed by atoms with van der Waals surface area (Å²) in [5.41, 5.74) is 7.21. The minimum Gasteiger partial charge on any atom is -0.508 e. The average Bonchev–Trinajstić information content (AvgIpc) is 3.46. The molecule has 5 rings (SSSR count). The van der Waals surface area contributed by atoms with Gasteiger partial charge in [0.15, 0.2) is 0 Å². The molecule has 4 aromatic rings. The van der Waals surface area contributed by atoms with E-state index in [0.29, 0.717) is 45.8 Å². The molecule has 1 heterocycles. The Labute approximate surface area is 304 Å². The van der Waals surface area contributed by atoms with Crippen molar-refractivity contribution >= 4 is 57.9 Å². The minimum absolute atomic E-state index is 0.00494. The molecule has 0 saturated carbocycles. The third-order valence-corrected chi connectivity index (χ3v) is 10.0. The molecule has 7 N–H and O–H groups in total. The van der Waals surface area contributed by atoms with Gasteiger partial charge in [0, 0.05) is 28.1 Å². The van der Waals surface area contributed by atoms with Crippen LogP contribution in [-0.4, -0.2) is 51.5 Å². The summed E-state index contributed by atoms with van der Waals surface area (Å²) in [6.07, 6.45) is 0.409. The van der Waals surface area contributed by atoms with E-state index in [1.807, 2.05) is 6.92 Å². The molecule has 11 nitrogen and oxygen atoms in total. The molecule has 270 valence electrons. The first-order chi connectivity index (χ1) is 24.3. The van der Waals surface area contributed by atoms with E-state index in [1.54, 1.807) is 37.3 Å². The van der Waals surface area contributed by atoms with Crippen molar-refractivity contribution < 1.29 is 33.4 Å². The number of aryl methyl sites for hydroxylation is 2. The Kier molecular flexibility index (Phi) is 11.8. The molecule has 3 aromatic carbocycles. The van der Waals surface area contributed by atoms with Crippen LogP contribution in [0.15, 0.2) is 60.7 Å². The van der Waals surface area contributed by atoms with E-state index < -0.39 is 47.3 Å². The van der Waals surface area contributed by atoms with Crippen LogP contribution in [0.2, 0.25) is 10.0 Å². The van der Waals surface area contributed by atoms with Crippen molar-refractivity contribution in [3.8, 4) is 5.75 Å². The molecule has 0 radical (unpaired) electrons. The van der Waals surface area contributed by atoms with Gasteiger partial charge < -0.3 is 36.5 Å². The maximum Gasteiger partial charge on any atom is 0.408 e. The Morgan fingerprint density at radius 1 is 1.08 bits per heavy atom. The molecule has 1 aliphatic carbocycles. The standard InChI is InChI=1S/C37H40Cl2FN5O6/c1-3-20(2)31(33(41)47)44-35(49)37(15-14-29-26(18-37)25-16-23(38)17-27(39)32(25)42-29)45-34(48)30(13-10-21-8-11-24(46)12-9-21)43-36(50)51-19-22-6-4-5-7-28(22)40/h4-9,11-12,16-17,20,30-31,42,46H,3,10,13-15,18-19H2,1-2H3,(H2,41,47)(H,43,50)(H,44,49)(H,45,48)/t20?,30-,31-,37+/m0/s1. The molecular formula is C37H40Cl2FN5O6. The highest BCUT2D eigenvalue weighted by Crippen LogP contribution is 2.38. The van der Waals surface area contributed by atoms with Crippen molar-refractivity contribution in [2.75, 3.05) is 0 Å². The molecule has 4 amide bonds. The van der Waals surface area contributed by atoms with Gasteiger partial charge in [-0.15, -0.1) is 0 Å². The van der Waals surface area contributed by atoms with Gasteiger partial charge >= 0.3 is 6.09 Å². The number of halogens is 3. The maximum absolute atomic E-state index is 14.4. The summed E-state index contributed by atoms with van der Waals surface area (Å²) in [6.45, 7) is 3.28. The number of aromatic nitrogens is 1. The second-order valence-corrected chi connectivity index (χ2v) is 13.8. The van der Waals surface area contributed by atoms with Crippen molar-refractivity contribution in [3.05, 3.63) is 98.9 Å². The number of nitrogens with one attached hydrogen (secondary N) is 4. The van der Waals surface area contributed by atoms with Gasteiger partial charge in [-0.2, -0.15) is 0 Å². The topological polar surface area (TPSA) is 176 Å². The number of hydrogen-bond donors (Lipinski definition) is 6. The van der Waals surface area contributed by atoms with Gasteiger partial charge in [-0.05, 0) is 73.1 Å². The van der Waals surface area contributed by atoms with Crippen LogP contribution in [0, 0.1) is 11.7 Å². The number of nitrogens with two attached hydrogens (primary N) is 1. The predicted octanol–water partition coefficient (Wildman–Crippen LogP) is 5.61. The van der Waals surface area contributed by atoms with Gasteiger partial charge in [0.1, 0.15) is 35.8 Å². The number of alkyl carbamates (subject to hydrolysis) is 1. The summed E-state index contributed by atoms with van der Waals surface area (Å²) >= 11 is 12.9. The molecule has 1 aromatic heterocycles. The number of aromatic amines is 1. The fourth-order valence-corrected chi connectivity index (χ4v) is 6.89. The van der Waals surface area contributed by atoms with Crippen LogP contribution >= 0.6 is 23.2 Å². The number of phenolic OH excluding ortho intramolecular Hbond substituents is 1. The molecular weight excluding hydrogens is 700 g/mol. The number of fused-ring (bicyclic) bond motifs is 3. The Bertz CT molecular complexity index is 1940. The van der Waals surface area contributed by atoms with E-state index in [2.05, 4.69) is 20.9 Å². The number of H-pyrrole nitrogens is 1. The number of hydrogen-bond acceptors (Lipinski definition) is 6. The van der Waals surface area contributed by atoms with Gasteiger partial charge in [0.2, 0.25) is 17.7 Å². The Morgan fingerprint density at radius 2 is 1.80 bits per heavy atom. The highest BCUT2D eigenvalue weighted by molar-refractivity contribution is 6.38. The Morgan fingerprint density at radius 3 is 2.49 bits per heavy atom. The first kappa shape index (κ1) is 37.4. The van der Waals surface area contributed by atoms with Crippen LogP contribution in [0.4, 0.5) is 9.18 Å². The molecule has 0 spiro atoms. The summed E-state index contributed by atoms with van der Waals surface area (Å²) in [6, 6.07) is 13.3. The summed E-state index contributed by atoms with van der Waals surface area (Å²) in [4.78, 5) is 57.5. The smallest absolute Gasteiger partial charge is 0.408 e. The average molecular weight is 741 g/mol. The minimum atomic E-state index is -1.59. The van der Waals surface area contributed by atoms with Crippen molar-refractivity contribution in [1.29, 1.82) is 0 Å². The summed E-state index contributed by atoms with van der Waals surface area (Å²) in [5.74, 6) is -2.81. The molecule has 0 saturated heterocycles. The van der Waals surface area contributed by atoms with Gasteiger partial charge in [-0.1, -0.05) is 73.8 Å². The first-order valence-electron chi connectivity index (χ1n) is 16.7. The third kappa shape index (κ3) is 8.74. The largest absolute Gasteiger partial charge is 0.508 e. The normalized spacial score (nSPS) is 17.1. The number of carbonyl (C=O) groups excluding carboxylic acids is 4. The molecule has 1 unspecified atom stereocenters. The Hall–Kier alpha value is -4.81. The summed E-state index contributed by atoms with van der Waals surface area (Å²) < 4.78 is 19.5. The molecule has 0 fully saturated rings. The van der Waals surface area contributed by atoms with E-state index in [1.165, 1.54) is 30.3 Å². The Balaban J connectivity index is 1.46. The summed E-state index contributed by atoms with van der Waals surface area (Å²) in [7, 11) is 0. The van der Waals surface area contributed by atoms with E-state index >= 15 is 0 Å². The van der Waals surface area contributed by atoms with Gasteiger partial charge in [-0.25, -0.2) is 9.18 Å². The zero-order valence-corrected chi connectivity index (χ0v) is 29.7. The van der Waals surface area contributed by atoms with E-state index in [-0.39, 0.29) is 43.1 Å². The van der Waals surface area contributed by atoms with E-state index in [9.17, 15) is 28.7 Å². The number of rotatable bonds is 13. The van der Waals surface area contributed by atoms with Crippen molar-refractivity contribution in [2.24, 2.45) is 11.7 Å². The number of benzene rings is 3. The van der Waals surface area contributed by atoms with Crippen LogP contribution in [0.25, 0.3) is 10.9 Å². The zero-order valence-electron chi connectivity index (χ0n) is 28.2. The number of phenols is 1. The van der Waals surface area contributed by atoms with Crippen LogP contribution in [-0.2, 0) is 45.0 Å². The lowest BCUT2D eigenvalue weighted by molar-refractivity contribution is -0.137. The van der Waals surface area contributed by atoms with Gasteiger partial charge in [0.25, 0.3) is 0 Å². The van der Waals surface area contributed by atoms with Crippen molar-refractivity contribution in [3.63, 3.8) is 0 Å². The highest BCUT2D eigenvalue weighted by Gasteiger charge is 2.46. The number of primary amides is 1. The van der Waals surface area contributed by atoms with Crippen LogP contribution in [0.1, 0.15) is 55.5 Å². The SMILES string of the molecule is CCC(C)[C@H](NC(=O)[C@@]1(NC(=O)[C@H](CCc2ccc(O)cc2)NC(=O)OCc2ccccc2F)CCc2[nH]c3c(Cl)cc(Cl)cc3c2C1)C(N)=O. The maximum atomic E-state index is 14.4. The number of aromatic hydroxyl groups is 1. The van der Waals surface area contributed by atoms with Crippen molar-refractivity contribution in [2.45, 2.75) is 76.6 Å². The van der Waals surface area contributed by atoms with Crippen molar-refractivity contribution in [1.82, 2.24) is 20.9 Å². The van der Waals surface area contributed by atoms with E-state index in [4.69, 9.17) is 33.7 Å². The molecule has 51 heavy (non-hydrogen) atoms. The molecule has 0 aliphatic heterocycles. The molecule has 14 heteroatoms. The summed E-state index contributed by atoms with van der Waals surface area (Å²) in [5, 5.41) is 19.5. The second-order valence-electron chi connectivity index (χ2n) is 12.9. The zero-order chi connectivity index (χ0) is 36.9. The number of carbonyl (C=O) groups is 4. The van der Waals surface area contributed by atoms with E-state index in [0.717, 1.165) is 11.3 Å². The lowest BCUT2D eigenvalue weighted by Gasteiger charge is -2.39. The molecule has 1 aliphatic rings. The second kappa shape index (κ2) is 16.0. The quantitative estimate of drug-likeness (QED) is 0.104. The van der Waals surface area contributed by atoms with Crippen LogP contribution in [0.5, 0.6) is 5.75 Å². The number of amides is 4. The van der Waals surface area contributed by atoms with Gasteiger partial charge in [0.05, 0.1) is 10.5 Å².